The molecule has 1 aromatic rings. The highest BCUT2D eigenvalue weighted by atomic mass is 19.1. The molecule has 1 atom stereocenters. The van der Waals surface area contributed by atoms with Crippen molar-refractivity contribution in [2.24, 2.45) is 5.92 Å². The van der Waals surface area contributed by atoms with Crippen LogP contribution in [0.15, 0.2) is 24.3 Å². The highest BCUT2D eigenvalue weighted by Crippen LogP contribution is 2.39. The Morgan fingerprint density at radius 1 is 1.25 bits per heavy atom. The van der Waals surface area contributed by atoms with E-state index in [4.69, 9.17) is 10.5 Å². The molecule has 2 rings (SSSR count). The molecule has 0 aliphatic carbocycles. The van der Waals surface area contributed by atoms with Gasteiger partial charge in [0, 0.05) is 24.8 Å². The molecule has 1 aliphatic rings. The molecule has 1 saturated heterocycles. The Labute approximate surface area is 95.6 Å². The van der Waals surface area contributed by atoms with E-state index in [0.717, 1.165) is 12.8 Å². The zero-order valence-electron chi connectivity index (χ0n) is 9.58. The lowest BCUT2D eigenvalue weighted by atomic mass is 9.80. The molecule has 1 heterocycles. The third-order valence-electron chi connectivity index (χ3n) is 3.46. The zero-order chi connectivity index (χ0) is 11.6. The molecular weight excluding hydrogens is 205 g/mol. The van der Waals surface area contributed by atoms with Crippen molar-refractivity contribution in [3.05, 3.63) is 29.8 Å². The monoisotopic (exact) mass is 223 g/mol. The molecule has 88 valence electrons. The minimum Gasteiger partial charge on any atom is -0.399 e. The molecule has 1 fully saturated rings. The van der Waals surface area contributed by atoms with Crippen molar-refractivity contribution in [1.29, 1.82) is 0 Å². The number of alkyl halides is 1. The lowest BCUT2D eigenvalue weighted by Crippen LogP contribution is -2.32. The first kappa shape index (κ1) is 11.4. The summed E-state index contributed by atoms with van der Waals surface area (Å²) in [6.07, 6.45) is 1.58. The average Bonchev–Trinajstić information content (AvgIpc) is 2.31. The number of anilines is 1. The molecule has 0 aromatic heterocycles. The van der Waals surface area contributed by atoms with Gasteiger partial charge in [-0.1, -0.05) is 12.1 Å². The Morgan fingerprint density at radius 2 is 1.81 bits per heavy atom. The van der Waals surface area contributed by atoms with Gasteiger partial charge < -0.3 is 10.5 Å². The van der Waals surface area contributed by atoms with Gasteiger partial charge in [-0.25, -0.2) is 4.39 Å². The van der Waals surface area contributed by atoms with Gasteiger partial charge in [-0.15, -0.1) is 0 Å². The maximum absolute atomic E-state index is 14.7. The van der Waals surface area contributed by atoms with Gasteiger partial charge in [0.25, 0.3) is 0 Å². The van der Waals surface area contributed by atoms with Crippen LogP contribution in [-0.4, -0.2) is 13.2 Å². The highest BCUT2D eigenvalue weighted by Gasteiger charge is 2.36. The van der Waals surface area contributed by atoms with E-state index in [1.54, 1.807) is 31.2 Å². The fraction of sp³-hybridized carbons (Fsp3) is 0.538. The number of hydrogen-bond donors (Lipinski definition) is 1. The maximum atomic E-state index is 14.7. The van der Waals surface area contributed by atoms with Gasteiger partial charge in [0.2, 0.25) is 0 Å². The van der Waals surface area contributed by atoms with Crippen LogP contribution in [0.5, 0.6) is 0 Å². The van der Waals surface area contributed by atoms with Crippen LogP contribution < -0.4 is 5.73 Å². The third kappa shape index (κ3) is 2.19. The van der Waals surface area contributed by atoms with Crippen LogP contribution in [0, 0.1) is 5.92 Å². The Bertz CT molecular complexity index is 341. The number of ether oxygens (including phenoxy) is 1. The molecule has 3 heteroatoms. The van der Waals surface area contributed by atoms with Gasteiger partial charge in [0.1, 0.15) is 5.67 Å². The van der Waals surface area contributed by atoms with E-state index in [1.807, 2.05) is 0 Å². The van der Waals surface area contributed by atoms with Gasteiger partial charge in [0.15, 0.2) is 0 Å². The molecule has 0 spiro atoms. The van der Waals surface area contributed by atoms with Crippen LogP contribution in [0.3, 0.4) is 0 Å². The zero-order valence-corrected chi connectivity index (χ0v) is 9.58. The van der Waals surface area contributed by atoms with Gasteiger partial charge in [-0.2, -0.15) is 0 Å². The number of benzene rings is 1. The summed E-state index contributed by atoms with van der Waals surface area (Å²) in [5.74, 6) is 0.0462. The van der Waals surface area contributed by atoms with Crippen molar-refractivity contribution in [3.63, 3.8) is 0 Å². The van der Waals surface area contributed by atoms with E-state index in [9.17, 15) is 4.39 Å². The second-order valence-corrected chi connectivity index (χ2v) is 4.58. The number of nitrogens with two attached hydrogens (primary N) is 1. The lowest BCUT2D eigenvalue weighted by molar-refractivity contribution is -0.00498. The van der Waals surface area contributed by atoms with Crippen LogP contribution >= 0.6 is 0 Å². The SMILES string of the molecule is CC(F)(c1ccc(N)cc1)C1CCOCC1. The van der Waals surface area contributed by atoms with Crippen molar-refractivity contribution in [3.8, 4) is 0 Å². The summed E-state index contributed by atoms with van der Waals surface area (Å²) in [5.41, 5.74) is 5.71. The quantitative estimate of drug-likeness (QED) is 0.782. The van der Waals surface area contributed by atoms with E-state index in [0.29, 0.717) is 24.5 Å². The maximum Gasteiger partial charge on any atom is 0.136 e. The largest absolute Gasteiger partial charge is 0.399 e. The molecule has 16 heavy (non-hydrogen) atoms. The fourth-order valence-electron chi connectivity index (χ4n) is 2.28. The van der Waals surface area contributed by atoms with Crippen molar-refractivity contribution < 1.29 is 9.13 Å². The minimum absolute atomic E-state index is 0.0462. The number of nitrogen functional groups attached to an aromatic ring is 1. The Kier molecular flexibility index (Phi) is 3.15. The standard InChI is InChI=1S/C13H18FNO/c1-13(14,11-6-8-16-9-7-11)10-2-4-12(15)5-3-10/h2-5,11H,6-9,15H2,1H3. The first-order chi connectivity index (χ1) is 7.60. The summed E-state index contributed by atoms with van der Waals surface area (Å²) in [7, 11) is 0. The molecule has 1 unspecified atom stereocenters. The summed E-state index contributed by atoms with van der Waals surface area (Å²) >= 11 is 0. The van der Waals surface area contributed by atoms with Crippen LogP contribution in [0.25, 0.3) is 0 Å². The van der Waals surface area contributed by atoms with Gasteiger partial charge in [-0.3, -0.25) is 0 Å². The summed E-state index contributed by atoms with van der Waals surface area (Å²) in [4.78, 5) is 0. The second-order valence-electron chi connectivity index (χ2n) is 4.58. The number of hydrogen-bond acceptors (Lipinski definition) is 2. The van der Waals surface area contributed by atoms with Crippen molar-refractivity contribution in [2.75, 3.05) is 18.9 Å². The minimum atomic E-state index is -1.28. The summed E-state index contributed by atoms with van der Waals surface area (Å²) in [6, 6.07) is 7.08. The van der Waals surface area contributed by atoms with E-state index in [1.165, 1.54) is 0 Å². The molecule has 1 aliphatic heterocycles. The summed E-state index contributed by atoms with van der Waals surface area (Å²) in [5, 5.41) is 0. The highest BCUT2D eigenvalue weighted by molar-refractivity contribution is 5.41. The van der Waals surface area contributed by atoms with E-state index in [2.05, 4.69) is 0 Å². The van der Waals surface area contributed by atoms with Crippen LogP contribution in [-0.2, 0) is 10.4 Å². The smallest absolute Gasteiger partial charge is 0.136 e. The average molecular weight is 223 g/mol. The van der Waals surface area contributed by atoms with Crippen LogP contribution in [0.4, 0.5) is 10.1 Å². The molecule has 1 aromatic carbocycles. The number of rotatable bonds is 2. The van der Waals surface area contributed by atoms with E-state index in [-0.39, 0.29) is 5.92 Å². The third-order valence-corrected chi connectivity index (χ3v) is 3.46. The molecule has 0 saturated carbocycles. The Hall–Kier alpha value is -1.09. The predicted molar refractivity (Wildman–Crippen MR) is 62.9 cm³/mol. The first-order valence-corrected chi connectivity index (χ1v) is 5.73. The molecule has 0 bridgehead atoms. The van der Waals surface area contributed by atoms with Gasteiger partial charge >= 0.3 is 0 Å². The van der Waals surface area contributed by atoms with Gasteiger partial charge in [-0.05, 0) is 37.5 Å². The van der Waals surface area contributed by atoms with Crippen molar-refractivity contribution in [1.82, 2.24) is 0 Å². The lowest BCUT2D eigenvalue weighted by Gasteiger charge is -2.33. The van der Waals surface area contributed by atoms with E-state index >= 15 is 0 Å². The summed E-state index contributed by atoms with van der Waals surface area (Å²) in [6.45, 7) is 2.99. The van der Waals surface area contributed by atoms with E-state index < -0.39 is 5.67 Å². The molecule has 0 amide bonds. The summed E-state index contributed by atoms with van der Waals surface area (Å²) < 4.78 is 20.0. The Morgan fingerprint density at radius 3 is 2.38 bits per heavy atom. The normalized spacial score (nSPS) is 21.6. The fourth-order valence-corrected chi connectivity index (χ4v) is 2.28. The number of halogens is 1. The second kappa shape index (κ2) is 4.42. The Balaban J connectivity index is 2.19. The van der Waals surface area contributed by atoms with Crippen molar-refractivity contribution in [2.45, 2.75) is 25.4 Å². The topological polar surface area (TPSA) is 35.2 Å². The van der Waals surface area contributed by atoms with Crippen LogP contribution in [0.2, 0.25) is 0 Å². The molecule has 2 nitrogen and oxygen atoms in total. The van der Waals surface area contributed by atoms with Crippen molar-refractivity contribution >= 4 is 5.69 Å². The molecule has 2 N–H and O–H groups in total. The van der Waals surface area contributed by atoms with Gasteiger partial charge in [0.05, 0.1) is 0 Å². The first-order valence-electron chi connectivity index (χ1n) is 5.73. The molecule has 0 radical (unpaired) electrons. The van der Waals surface area contributed by atoms with Crippen LogP contribution in [0.1, 0.15) is 25.3 Å². The molecular formula is C13H18FNO. The predicted octanol–water partition coefficient (Wildman–Crippen LogP) is 2.88.